The van der Waals surface area contributed by atoms with Crippen molar-refractivity contribution in [2.45, 2.75) is 26.2 Å². The van der Waals surface area contributed by atoms with Gasteiger partial charge in [0.1, 0.15) is 0 Å². The van der Waals surface area contributed by atoms with Gasteiger partial charge in [-0.2, -0.15) is 10.2 Å². The highest BCUT2D eigenvalue weighted by Gasteiger charge is 2.22. The molecule has 3 aromatic rings. The maximum atomic E-state index is 12.3. The Morgan fingerprint density at radius 3 is 2.88 bits per heavy atom. The molecule has 0 spiro atoms. The van der Waals surface area contributed by atoms with Crippen LogP contribution in [-0.2, 0) is 12.8 Å². The molecular weight excluding hydrogens is 300 g/mol. The van der Waals surface area contributed by atoms with E-state index in [9.17, 15) is 4.79 Å². The van der Waals surface area contributed by atoms with Crippen LogP contribution < -0.4 is 5.43 Å². The lowest BCUT2D eigenvalue weighted by molar-refractivity contribution is 0.0949. The Kier molecular flexibility index (Phi) is 3.61. The van der Waals surface area contributed by atoms with Crippen molar-refractivity contribution in [3.63, 3.8) is 0 Å². The van der Waals surface area contributed by atoms with E-state index in [2.05, 4.69) is 45.0 Å². The van der Waals surface area contributed by atoms with Crippen molar-refractivity contribution in [2.24, 2.45) is 5.10 Å². The Bertz CT molecular complexity index is 955. The number of hydrogen-bond donors (Lipinski definition) is 2. The molecule has 2 aromatic carbocycles. The third kappa shape index (κ3) is 2.58. The maximum Gasteiger partial charge on any atom is 0.292 e. The first-order chi connectivity index (χ1) is 11.7. The molecule has 5 nitrogen and oxygen atoms in total. The highest BCUT2D eigenvalue weighted by Crippen LogP contribution is 2.22. The maximum absolute atomic E-state index is 12.3. The van der Waals surface area contributed by atoms with Crippen LogP contribution in [0, 0.1) is 0 Å². The van der Waals surface area contributed by atoms with Gasteiger partial charge in [0.05, 0.1) is 5.71 Å². The average molecular weight is 318 g/mol. The van der Waals surface area contributed by atoms with Gasteiger partial charge >= 0.3 is 0 Å². The smallest absolute Gasteiger partial charge is 0.281 e. The summed E-state index contributed by atoms with van der Waals surface area (Å²) in [5.41, 5.74) is 6.96. The fraction of sp³-hybridized carbons (Fsp3) is 0.211. The summed E-state index contributed by atoms with van der Waals surface area (Å²) in [6, 6.07) is 14.3. The van der Waals surface area contributed by atoms with Gasteiger partial charge in [-0.25, -0.2) is 5.43 Å². The number of rotatable bonds is 3. The Balaban J connectivity index is 1.54. The van der Waals surface area contributed by atoms with Crippen LogP contribution in [0.5, 0.6) is 0 Å². The molecule has 0 saturated heterocycles. The zero-order valence-electron chi connectivity index (χ0n) is 13.5. The summed E-state index contributed by atoms with van der Waals surface area (Å²) in [5, 5.41) is 13.7. The predicted molar refractivity (Wildman–Crippen MR) is 94.2 cm³/mol. The minimum Gasteiger partial charge on any atom is -0.281 e. The van der Waals surface area contributed by atoms with Crippen LogP contribution in [0.4, 0.5) is 0 Å². The molecule has 0 fully saturated rings. The van der Waals surface area contributed by atoms with Gasteiger partial charge in [-0.3, -0.25) is 9.89 Å². The largest absolute Gasteiger partial charge is 0.292 e. The number of hydrazone groups is 1. The lowest BCUT2D eigenvalue weighted by atomic mass is 10.0. The van der Waals surface area contributed by atoms with E-state index in [4.69, 9.17) is 0 Å². The average Bonchev–Trinajstić information content (AvgIpc) is 3.22. The highest BCUT2D eigenvalue weighted by molar-refractivity contribution is 6.03. The first-order valence-electron chi connectivity index (χ1n) is 8.12. The first-order valence-corrected chi connectivity index (χ1v) is 8.12. The van der Waals surface area contributed by atoms with Gasteiger partial charge in [-0.05, 0) is 48.6 Å². The van der Waals surface area contributed by atoms with Crippen LogP contribution in [0.1, 0.15) is 40.7 Å². The number of aromatic amines is 1. The number of benzene rings is 2. The van der Waals surface area contributed by atoms with Crippen molar-refractivity contribution in [3.8, 4) is 0 Å². The number of hydrogen-bond acceptors (Lipinski definition) is 3. The molecule has 4 rings (SSSR count). The van der Waals surface area contributed by atoms with Gasteiger partial charge in [-0.1, -0.05) is 36.4 Å². The Labute approximate surface area is 139 Å². The van der Waals surface area contributed by atoms with Gasteiger partial charge in [0.2, 0.25) is 0 Å². The molecule has 5 heteroatoms. The van der Waals surface area contributed by atoms with E-state index in [1.807, 2.05) is 25.1 Å². The van der Waals surface area contributed by atoms with Crippen molar-refractivity contribution in [1.82, 2.24) is 15.6 Å². The molecule has 0 saturated carbocycles. The molecule has 1 amide bonds. The van der Waals surface area contributed by atoms with Crippen molar-refractivity contribution in [2.75, 3.05) is 0 Å². The predicted octanol–water partition coefficient (Wildman–Crippen LogP) is 3.21. The normalized spacial score (nSPS) is 14.0. The van der Waals surface area contributed by atoms with E-state index in [0.29, 0.717) is 5.69 Å². The monoisotopic (exact) mass is 318 g/mol. The van der Waals surface area contributed by atoms with Crippen LogP contribution in [0.3, 0.4) is 0 Å². The van der Waals surface area contributed by atoms with Crippen LogP contribution in [0.25, 0.3) is 10.8 Å². The molecule has 2 N–H and O–H groups in total. The number of carbonyl (C=O) groups excluding carboxylic acids is 1. The number of carbonyl (C=O) groups is 1. The lowest BCUT2D eigenvalue weighted by Gasteiger charge is -2.04. The number of nitrogens with zero attached hydrogens (tertiary/aromatic N) is 2. The fourth-order valence-electron chi connectivity index (χ4n) is 3.17. The molecule has 0 unspecified atom stereocenters. The molecular formula is C19H18N4O. The lowest BCUT2D eigenvalue weighted by Crippen LogP contribution is -2.21. The van der Waals surface area contributed by atoms with Crippen molar-refractivity contribution >= 4 is 22.4 Å². The topological polar surface area (TPSA) is 70.1 Å². The molecule has 0 aliphatic heterocycles. The summed E-state index contributed by atoms with van der Waals surface area (Å²) in [5.74, 6) is -0.255. The van der Waals surface area contributed by atoms with Crippen LogP contribution >= 0.6 is 0 Å². The third-order valence-corrected chi connectivity index (χ3v) is 4.51. The molecule has 0 atom stereocenters. The highest BCUT2D eigenvalue weighted by atomic mass is 16.2. The Hall–Kier alpha value is -2.95. The Morgan fingerprint density at radius 2 is 2.00 bits per heavy atom. The summed E-state index contributed by atoms with van der Waals surface area (Å²) in [6.07, 6.45) is 2.94. The number of amides is 1. The summed E-state index contributed by atoms with van der Waals surface area (Å²) < 4.78 is 0. The molecule has 0 bridgehead atoms. The van der Waals surface area contributed by atoms with Crippen LogP contribution in [0.2, 0.25) is 0 Å². The molecule has 1 aromatic heterocycles. The van der Waals surface area contributed by atoms with Gasteiger partial charge in [-0.15, -0.1) is 0 Å². The van der Waals surface area contributed by atoms with Crippen molar-refractivity contribution in [3.05, 3.63) is 65.0 Å². The van der Waals surface area contributed by atoms with E-state index in [-0.39, 0.29) is 5.91 Å². The molecule has 1 aliphatic rings. The standard InChI is InChI=1S/C19H18N4O/c1-12(14-10-9-13-5-2-3-6-15(13)11-14)20-23-19(24)18-16-7-4-8-17(16)21-22-18/h2-3,5-6,9-11H,4,7-8H2,1H3,(H,21,22)(H,23,24)/b20-12+. The summed E-state index contributed by atoms with van der Waals surface area (Å²) >= 11 is 0. The van der Waals surface area contributed by atoms with E-state index < -0.39 is 0 Å². The second-order valence-electron chi connectivity index (χ2n) is 6.08. The summed E-state index contributed by atoms with van der Waals surface area (Å²) in [4.78, 5) is 12.3. The second kappa shape index (κ2) is 5.92. The number of H-pyrrole nitrogens is 1. The van der Waals surface area contributed by atoms with Gasteiger partial charge < -0.3 is 0 Å². The van der Waals surface area contributed by atoms with E-state index >= 15 is 0 Å². The molecule has 1 aliphatic carbocycles. The zero-order valence-corrected chi connectivity index (χ0v) is 13.5. The van der Waals surface area contributed by atoms with Gasteiger partial charge in [0, 0.05) is 11.3 Å². The van der Waals surface area contributed by atoms with E-state index in [1.165, 1.54) is 5.39 Å². The quantitative estimate of drug-likeness (QED) is 0.575. The minimum atomic E-state index is -0.255. The molecule has 0 radical (unpaired) electrons. The number of aromatic nitrogens is 2. The number of fused-ring (bicyclic) bond motifs is 2. The number of nitrogens with one attached hydrogen (secondary N) is 2. The summed E-state index contributed by atoms with van der Waals surface area (Å²) in [7, 11) is 0. The van der Waals surface area contributed by atoms with Gasteiger partial charge in [0.15, 0.2) is 5.69 Å². The van der Waals surface area contributed by atoms with E-state index in [1.54, 1.807) is 0 Å². The second-order valence-corrected chi connectivity index (χ2v) is 6.08. The van der Waals surface area contributed by atoms with Crippen molar-refractivity contribution < 1.29 is 4.79 Å². The van der Waals surface area contributed by atoms with E-state index in [0.717, 1.165) is 47.2 Å². The van der Waals surface area contributed by atoms with Crippen LogP contribution in [0.15, 0.2) is 47.6 Å². The summed E-state index contributed by atoms with van der Waals surface area (Å²) in [6.45, 7) is 1.89. The third-order valence-electron chi connectivity index (χ3n) is 4.51. The SMILES string of the molecule is C/C(=N\NC(=O)c1n[nH]c2c1CCC2)c1ccc2ccccc2c1. The molecule has 24 heavy (non-hydrogen) atoms. The van der Waals surface area contributed by atoms with Crippen molar-refractivity contribution in [1.29, 1.82) is 0 Å². The first kappa shape index (κ1) is 14.6. The molecule has 1 heterocycles. The Morgan fingerprint density at radius 1 is 1.17 bits per heavy atom. The fourth-order valence-corrected chi connectivity index (χ4v) is 3.17. The van der Waals surface area contributed by atoms with Crippen LogP contribution in [-0.4, -0.2) is 21.8 Å². The number of aryl methyl sites for hydroxylation is 1. The minimum absolute atomic E-state index is 0.255. The zero-order chi connectivity index (χ0) is 16.5. The van der Waals surface area contributed by atoms with Gasteiger partial charge in [0.25, 0.3) is 5.91 Å². The molecule has 120 valence electrons.